The Hall–Kier alpha value is -1.02. The van der Waals surface area contributed by atoms with Gasteiger partial charge in [0.2, 0.25) is 0 Å². The summed E-state index contributed by atoms with van der Waals surface area (Å²) >= 11 is 0. The molecule has 0 radical (unpaired) electrons. The van der Waals surface area contributed by atoms with Gasteiger partial charge in [0.15, 0.2) is 0 Å². The Morgan fingerprint density at radius 2 is 1.76 bits per heavy atom. The summed E-state index contributed by atoms with van der Waals surface area (Å²) in [4.78, 5) is 2.34. The molecular formula is C15H26N2. The fourth-order valence-electron chi connectivity index (χ4n) is 1.88. The van der Waals surface area contributed by atoms with E-state index in [1.807, 2.05) is 0 Å². The van der Waals surface area contributed by atoms with Gasteiger partial charge < -0.3 is 10.2 Å². The molecule has 0 saturated heterocycles. The molecule has 0 bridgehead atoms. The van der Waals surface area contributed by atoms with Crippen LogP contribution in [0.5, 0.6) is 0 Å². The molecule has 17 heavy (non-hydrogen) atoms. The molecular weight excluding hydrogens is 208 g/mol. The van der Waals surface area contributed by atoms with E-state index < -0.39 is 0 Å². The maximum atomic E-state index is 3.36. The molecule has 0 aliphatic heterocycles. The Morgan fingerprint density at radius 3 is 2.41 bits per heavy atom. The van der Waals surface area contributed by atoms with Crippen LogP contribution in [0.3, 0.4) is 0 Å². The first-order chi connectivity index (χ1) is 8.24. The number of benzene rings is 1. The van der Waals surface area contributed by atoms with Gasteiger partial charge in [0, 0.05) is 19.3 Å². The summed E-state index contributed by atoms with van der Waals surface area (Å²) < 4.78 is 0. The molecule has 2 nitrogen and oxygen atoms in total. The third-order valence-corrected chi connectivity index (χ3v) is 3.07. The molecule has 2 heteroatoms. The van der Waals surface area contributed by atoms with E-state index in [1.54, 1.807) is 0 Å². The first-order valence-corrected chi connectivity index (χ1v) is 6.72. The van der Waals surface area contributed by atoms with Gasteiger partial charge in [-0.25, -0.2) is 0 Å². The zero-order chi connectivity index (χ0) is 12.5. The van der Waals surface area contributed by atoms with E-state index in [4.69, 9.17) is 0 Å². The van der Waals surface area contributed by atoms with Crippen molar-refractivity contribution in [2.75, 3.05) is 31.6 Å². The summed E-state index contributed by atoms with van der Waals surface area (Å²) in [5, 5.41) is 3.36. The minimum atomic E-state index is 1.09. The predicted molar refractivity (Wildman–Crippen MR) is 76.8 cm³/mol. The van der Waals surface area contributed by atoms with Crippen LogP contribution in [0.25, 0.3) is 0 Å². The number of aryl methyl sites for hydroxylation is 1. The minimum Gasteiger partial charge on any atom is -0.375 e. The molecule has 0 aliphatic carbocycles. The monoisotopic (exact) mass is 234 g/mol. The van der Waals surface area contributed by atoms with Crippen molar-refractivity contribution in [2.24, 2.45) is 0 Å². The Kier molecular flexibility index (Phi) is 6.71. The van der Waals surface area contributed by atoms with Gasteiger partial charge in [-0.1, -0.05) is 31.0 Å². The molecule has 96 valence electrons. The number of nitrogens with one attached hydrogen (secondary N) is 1. The Morgan fingerprint density at radius 1 is 1.06 bits per heavy atom. The van der Waals surface area contributed by atoms with Crippen molar-refractivity contribution in [1.82, 2.24) is 5.32 Å². The summed E-state index contributed by atoms with van der Waals surface area (Å²) in [6, 6.07) is 8.76. The Bertz CT molecular complexity index is 292. The molecule has 0 atom stereocenters. The number of hydrogen-bond acceptors (Lipinski definition) is 2. The highest BCUT2D eigenvalue weighted by Gasteiger charge is 1.99. The lowest BCUT2D eigenvalue weighted by Gasteiger charge is -2.19. The van der Waals surface area contributed by atoms with Crippen LogP contribution in [-0.2, 0) is 0 Å². The van der Waals surface area contributed by atoms with Crippen LogP contribution < -0.4 is 10.2 Å². The lowest BCUT2D eigenvalue weighted by molar-refractivity contribution is 0.615. The topological polar surface area (TPSA) is 15.3 Å². The highest BCUT2D eigenvalue weighted by atomic mass is 15.1. The van der Waals surface area contributed by atoms with Gasteiger partial charge in [0.1, 0.15) is 0 Å². The van der Waals surface area contributed by atoms with E-state index in [-0.39, 0.29) is 0 Å². The van der Waals surface area contributed by atoms with Crippen LogP contribution in [0.1, 0.15) is 31.7 Å². The zero-order valence-electron chi connectivity index (χ0n) is 11.5. The summed E-state index contributed by atoms with van der Waals surface area (Å²) in [6.07, 6.45) is 3.87. The summed E-state index contributed by atoms with van der Waals surface area (Å²) in [5.74, 6) is 0. The van der Waals surface area contributed by atoms with Gasteiger partial charge in [-0.05, 0) is 45.0 Å². The quantitative estimate of drug-likeness (QED) is 0.695. The molecule has 0 aliphatic rings. The van der Waals surface area contributed by atoms with E-state index in [1.165, 1.54) is 30.5 Å². The molecule has 0 amide bonds. The maximum Gasteiger partial charge on any atom is 0.0363 e. The van der Waals surface area contributed by atoms with Crippen molar-refractivity contribution in [3.05, 3.63) is 29.8 Å². The van der Waals surface area contributed by atoms with Crippen molar-refractivity contribution >= 4 is 5.69 Å². The van der Waals surface area contributed by atoms with E-state index in [0.717, 1.165) is 19.6 Å². The fourth-order valence-corrected chi connectivity index (χ4v) is 1.88. The van der Waals surface area contributed by atoms with E-state index in [0.29, 0.717) is 0 Å². The Labute approximate surface area is 106 Å². The second kappa shape index (κ2) is 8.13. The molecule has 0 saturated carbocycles. The van der Waals surface area contributed by atoms with Crippen molar-refractivity contribution in [2.45, 2.75) is 33.1 Å². The second-order valence-corrected chi connectivity index (χ2v) is 4.67. The van der Waals surface area contributed by atoms with Crippen LogP contribution in [0, 0.1) is 6.92 Å². The SMILES string of the molecule is CCNCCCCCN(C)c1ccc(C)cc1. The van der Waals surface area contributed by atoms with Crippen LogP contribution in [0.2, 0.25) is 0 Å². The highest BCUT2D eigenvalue weighted by molar-refractivity contribution is 5.46. The molecule has 0 fully saturated rings. The Balaban J connectivity index is 2.16. The average Bonchev–Trinajstić information content (AvgIpc) is 2.34. The van der Waals surface area contributed by atoms with Gasteiger partial charge in [0.05, 0.1) is 0 Å². The van der Waals surface area contributed by atoms with Crippen LogP contribution >= 0.6 is 0 Å². The van der Waals surface area contributed by atoms with Gasteiger partial charge in [0.25, 0.3) is 0 Å². The zero-order valence-corrected chi connectivity index (χ0v) is 11.5. The summed E-state index contributed by atoms with van der Waals surface area (Å²) in [6.45, 7) is 7.68. The fraction of sp³-hybridized carbons (Fsp3) is 0.600. The highest BCUT2D eigenvalue weighted by Crippen LogP contribution is 2.13. The molecule has 1 N–H and O–H groups in total. The second-order valence-electron chi connectivity index (χ2n) is 4.67. The molecule has 0 spiro atoms. The molecule has 0 unspecified atom stereocenters. The average molecular weight is 234 g/mol. The number of rotatable bonds is 8. The normalized spacial score (nSPS) is 10.5. The van der Waals surface area contributed by atoms with Gasteiger partial charge in [-0.2, -0.15) is 0 Å². The summed E-state index contributed by atoms with van der Waals surface area (Å²) in [5.41, 5.74) is 2.65. The van der Waals surface area contributed by atoms with Crippen molar-refractivity contribution < 1.29 is 0 Å². The number of unbranched alkanes of at least 4 members (excludes halogenated alkanes) is 2. The van der Waals surface area contributed by atoms with Crippen molar-refractivity contribution in [1.29, 1.82) is 0 Å². The lowest BCUT2D eigenvalue weighted by atomic mass is 10.2. The summed E-state index contributed by atoms with van der Waals surface area (Å²) in [7, 11) is 2.18. The van der Waals surface area contributed by atoms with Crippen molar-refractivity contribution in [3.63, 3.8) is 0 Å². The number of anilines is 1. The first kappa shape index (κ1) is 14.0. The smallest absolute Gasteiger partial charge is 0.0363 e. The third-order valence-electron chi connectivity index (χ3n) is 3.07. The van der Waals surface area contributed by atoms with Gasteiger partial charge >= 0.3 is 0 Å². The van der Waals surface area contributed by atoms with Crippen molar-refractivity contribution in [3.8, 4) is 0 Å². The van der Waals surface area contributed by atoms with E-state index in [9.17, 15) is 0 Å². The lowest BCUT2D eigenvalue weighted by Crippen LogP contribution is -2.19. The van der Waals surface area contributed by atoms with Gasteiger partial charge in [-0.3, -0.25) is 0 Å². The largest absolute Gasteiger partial charge is 0.375 e. The van der Waals surface area contributed by atoms with E-state index >= 15 is 0 Å². The third kappa shape index (κ3) is 5.73. The number of hydrogen-bond donors (Lipinski definition) is 1. The predicted octanol–water partition coefficient (Wildman–Crippen LogP) is 3.21. The van der Waals surface area contributed by atoms with E-state index in [2.05, 4.69) is 55.4 Å². The standard InChI is InChI=1S/C15H26N2/c1-4-16-12-6-5-7-13-17(3)15-10-8-14(2)9-11-15/h8-11,16H,4-7,12-13H2,1-3H3. The van der Waals surface area contributed by atoms with Gasteiger partial charge in [-0.15, -0.1) is 0 Å². The van der Waals surface area contributed by atoms with Crippen LogP contribution in [-0.4, -0.2) is 26.7 Å². The van der Waals surface area contributed by atoms with Crippen LogP contribution in [0.4, 0.5) is 5.69 Å². The molecule has 1 rings (SSSR count). The number of nitrogens with zero attached hydrogens (tertiary/aromatic N) is 1. The molecule has 0 aromatic heterocycles. The molecule has 1 aromatic carbocycles. The first-order valence-electron chi connectivity index (χ1n) is 6.72. The maximum absolute atomic E-state index is 3.36. The molecule has 0 heterocycles. The minimum absolute atomic E-state index is 1.09. The van der Waals surface area contributed by atoms with Crippen LogP contribution in [0.15, 0.2) is 24.3 Å². The molecule has 1 aromatic rings.